The van der Waals surface area contributed by atoms with Crippen molar-refractivity contribution in [2.24, 2.45) is 4.99 Å². The molecule has 9 heteroatoms. The fourth-order valence-electron chi connectivity index (χ4n) is 4.36. The fraction of sp³-hybridized carbons (Fsp3) is 0.762. The van der Waals surface area contributed by atoms with Crippen LogP contribution in [0, 0.1) is 0 Å². The molecule has 0 aliphatic carbocycles. The molecule has 5 heterocycles. The molecule has 0 radical (unpaired) electrons. The van der Waals surface area contributed by atoms with Gasteiger partial charge in [-0.05, 0) is 25.1 Å². The number of furan rings is 1. The number of ether oxygens (including phenoxy) is 1. The molecule has 0 amide bonds. The highest BCUT2D eigenvalue weighted by Gasteiger charge is 2.31. The van der Waals surface area contributed by atoms with Gasteiger partial charge in [0.1, 0.15) is 5.76 Å². The first-order valence-electron chi connectivity index (χ1n) is 11.2. The molecule has 0 saturated carbocycles. The quantitative estimate of drug-likeness (QED) is 0.210. The van der Waals surface area contributed by atoms with Crippen molar-refractivity contribution in [1.29, 1.82) is 0 Å². The third kappa shape index (κ3) is 7.37. The van der Waals surface area contributed by atoms with E-state index in [1.807, 2.05) is 12.1 Å². The molecular formula is C21H37IN6O2. The van der Waals surface area contributed by atoms with E-state index in [4.69, 9.17) is 14.1 Å². The zero-order chi connectivity index (χ0) is 19.7. The van der Waals surface area contributed by atoms with Gasteiger partial charge in [-0.25, -0.2) is 0 Å². The van der Waals surface area contributed by atoms with E-state index in [0.717, 1.165) is 83.6 Å². The highest BCUT2D eigenvalue weighted by atomic mass is 127. The predicted molar refractivity (Wildman–Crippen MR) is 130 cm³/mol. The number of piperazine rings is 3. The Balaban J connectivity index is 0.00000256. The number of rotatable bonds is 9. The van der Waals surface area contributed by atoms with Gasteiger partial charge < -0.3 is 19.8 Å². The molecule has 8 nitrogen and oxygen atoms in total. The van der Waals surface area contributed by atoms with E-state index < -0.39 is 0 Å². The minimum Gasteiger partial charge on any atom is -0.469 e. The number of fused-ring (bicyclic) bond motifs is 3. The van der Waals surface area contributed by atoms with Crippen LogP contribution in [0.5, 0.6) is 0 Å². The molecule has 4 fully saturated rings. The van der Waals surface area contributed by atoms with Gasteiger partial charge in [0, 0.05) is 71.4 Å². The molecule has 1 unspecified atom stereocenters. The standard InChI is InChI=1S/C21H36N6O2.HI/c1-3-20(29-14-1)4-6-23-21(22-5-2-7-25-12-15-28-16-13-25)24-17-19-18-26-8-10-27(19)11-9-26;/h1,3,14,19H,2,4-13,15-18H2,(H2,22,23,24);1H. The zero-order valence-electron chi connectivity index (χ0n) is 17.9. The lowest BCUT2D eigenvalue weighted by atomic mass is 10.1. The smallest absolute Gasteiger partial charge is 0.191 e. The number of aliphatic imine (C=N–C) groups is 1. The Labute approximate surface area is 197 Å². The second kappa shape index (κ2) is 12.8. The molecule has 170 valence electrons. The van der Waals surface area contributed by atoms with Crippen LogP contribution in [0.2, 0.25) is 0 Å². The number of guanidine groups is 1. The number of nitrogens with one attached hydrogen (secondary N) is 2. The molecule has 1 aromatic heterocycles. The van der Waals surface area contributed by atoms with Crippen molar-refractivity contribution in [3.8, 4) is 0 Å². The van der Waals surface area contributed by atoms with E-state index in [2.05, 4.69) is 25.3 Å². The van der Waals surface area contributed by atoms with E-state index in [1.54, 1.807) is 6.26 Å². The van der Waals surface area contributed by atoms with Crippen molar-refractivity contribution in [2.75, 3.05) is 85.2 Å². The molecule has 0 aromatic carbocycles. The number of nitrogens with zero attached hydrogens (tertiary/aromatic N) is 4. The van der Waals surface area contributed by atoms with Gasteiger partial charge in [0.2, 0.25) is 0 Å². The monoisotopic (exact) mass is 532 g/mol. The molecular weight excluding hydrogens is 495 g/mol. The Morgan fingerprint density at radius 2 is 1.87 bits per heavy atom. The molecule has 5 rings (SSSR count). The molecule has 1 aromatic rings. The molecule has 2 bridgehead atoms. The topological polar surface area (TPSA) is 68.5 Å². The van der Waals surface area contributed by atoms with E-state index in [0.29, 0.717) is 6.04 Å². The van der Waals surface area contributed by atoms with Gasteiger partial charge in [-0.2, -0.15) is 0 Å². The molecule has 1 atom stereocenters. The molecule has 30 heavy (non-hydrogen) atoms. The van der Waals surface area contributed by atoms with Crippen LogP contribution >= 0.6 is 24.0 Å². The summed E-state index contributed by atoms with van der Waals surface area (Å²) in [6, 6.07) is 4.51. The Hall–Kier alpha value is -0.880. The lowest BCUT2D eigenvalue weighted by Gasteiger charge is -2.47. The maximum absolute atomic E-state index is 5.44. The first-order chi connectivity index (χ1) is 14.4. The summed E-state index contributed by atoms with van der Waals surface area (Å²) in [4.78, 5) is 12.6. The van der Waals surface area contributed by atoms with Crippen molar-refractivity contribution in [3.05, 3.63) is 24.2 Å². The minimum absolute atomic E-state index is 0. The van der Waals surface area contributed by atoms with Gasteiger partial charge in [0.25, 0.3) is 0 Å². The normalized spacial score (nSPS) is 26.9. The van der Waals surface area contributed by atoms with Crippen molar-refractivity contribution >= 4 is 29.9 Å². The summed E-state index contributed by atoms with van der Waals surface area (Å²) in [6.07, 6.45) is 3.71. The second-order valence-corrected chi connectivity index (χ2v) is 8.17. The summed E-state index contributed by atoms with van der Waals surface area (Å²) in [6.45, 7) is 13.5. The second-order valence-electron chi connectivity index (χ2n) is 8.17. The van der Waals surface area contributed by atoms with Crippen LogP contribution in [0.1, 0.15) is 12.2 Å². The van der Waals surface area contributed by atoms with Crippen LogP contribution in [0.15, 0.2) is 27.8 Å². The number of morpholine rings is 1. The highest BCUT2D eigenvalue weighted by Crippen LogP contribution is 2.15. The van der Waals surface area contributed by atoms with E-state index in [-0.39, 0.29) is 24.0 Å². The van der Waals surface area contributed by atoms with Crippen LogP contribution in [-0.4, -0.2) is 112 Å². The number of halogens is 1. The third-order valence-corrected chi connectivity index (χ3v) is 6.14. The SMILES string of the molecule is I.c1coc(CCNC(=NCC2CN3CCN2CC3)NCCCN2CCOCC2)c1. The summed E-state index contributed by atoms with van der Waals surface area (Å²) >= 11 is 0. The first-order valence-corrected chi connectivity index (χ1v) is 11.2. The molecule has 0 spiro atoms. The highest BCUT2D eigenvalue weighted by molar-refractivity contribution is 14.0. The summed E-state index contributed by atoms with van der Waals surface area (Å²) in [7, 11) is 0. The van der Waals surface area contributed by atoms with E-state index in [9.17, 15) is 0 Å². The average molecular weight is 532 g/mol. The van der Waals surface area contributed by atoms with Crippen molar-refractivity contribution in [3.63, 3.8) is 0 Å². The Morgan fingerprint density at radius 3 is 2.57 bits per heavy atom. The van der Waals surface area contributed by atoms with Crippen molar-refractivity contribution < 1.29 is 9.15 Å². The van der Waals surface area contributed by atoms with Crippen LogP contribution in [0.4, 0.5) is 0 Å². The zero-order valence-corrected chi connectivity index (χ0v) is 20.3. The Bertz CT molecular complexity index is 615. The van der Waals surface area contributed by atoms with Crippen LogP contribution in [0.3, 0.4) is 0 Å². The summed E-state index contributed by atoms with van der Waals surface area (Å²) in [5, 5.41) is 7.03. The lowest BCUT2D eigenvalue weighted by Crippen LogP contribution is -2.62. The minimum atomic E-state index is 0. The van der Waals surface area contributed by atoms with Crippen molar-refractivity contribution in [2.45, 2.75) is 18.9 Å². The lowest BCUT2D eigenvalue weighted by molar-refractivity contribution is 0.0174. The Kier molecular flexibility index (Phi) is 10.2. The predicted octanol–water partition coefficient (Wildman–Crippen LogP) is 0.697. The van der Waals surface area contributed by atoms with Crippen molar-refractivity contribution in [1.82, 2.24) is 25.3 Å². The maximum atomic E-state index is 5.44. The van der Waals surface area contributed by atoms with Crippen LogP contribution in [-0.2, 0) is 11.2 Å². The van der Waals surface area contributed by atoms with Gasteiger partial charge in [-0.15, -0.1) is 24.0 Å². The summed E-state index contributed by atoms with van der Waals surface area (Å²) in [5.41, 5.74) is 0. The maximum Gasteiger partial charge on any atom is 0.191 e. The molecule has 4 saturated heterocycles. The van der Waals surface area contributed by atoms with Gasteiger partial charge in [-0.3, -0.25) is 19.7 Å². The molecule has 2 N–H and O–H groups in total. The van der Waals surface area contributed by atoms with Crippen LogP contribution in [0.25, 0.3) is 0 Å². The van der Waals surface area contributed by atoms with Crippen LogP contribution < -0.4 is 10.6 Å². The van der Waals surface area contributed by atoms with Gasteiger partial charge in [-0.1, -0.05) is 0 Å². The molecule has 4 aliphatic rings. The molecule has 4 aliphatic heterocycles. The third-order valence-electron chi connectivity index (χ3n) is 6.14. The van der Waals surface area contributed by atoms with E-state index >= 15 is 0 Å². The number of hydrogen-bond donors (Lipinski definition) is 2. The number of hydrogen-bond acceptors (Lipinski definition) is 6. The fourth-order valence-corrected chi connectivity index (χ4v) is 4.36. The summed E-state index contributed by atoms with van der Waals surface area (Å²) in [5.74, 6) is 1.93. The van der Waals surface area contributed by atoms with Gasteiger partial charge in [0.15, 0.2) is 5.96 Å². The first kappa shape index (κ1) is 23.8. The Morgan fingerprint density at radius 1 is 1.07 bits per heavy atom. The average Bonchev–Trinajstić information content (AvgIpc) is 3.29. The van der Waals surface area contributed by atoms with E-state index in [1.165, 1.54) is 26.2 Å². The largest absolute Gasteiger partial charge is 0.469 e. The summed E-state index contributed by atoms with van der Waals surface area (Å²) < 4.78 is 10.9. The van der Waals surface area contributed by atoms with Gasteiger partial charge in [0.05, 0.1) is 26.0 Å². The van der Waals surface area contributed by atoms with Gasteiger partial charge >= 0.3 is 0 Å².